The minimum atomic E-state index is -2.70. The van der Waals surface area contributed by atoms with Gasteiger partial charge in [-0.2, -0.15) is 0 Å². The van der Waals surface area contributed by atoms with Crippen LogP contribution in [-0.2, 0) is 25.6 Å². The Hall–Kier alpha value is -3.74. The van der Waals surface area contributed by atoms with Crippen molar-refractivity contribution < 1.29 is 39.6 Å². The number of carbonyl (C=O) groups is 4. The zero-order valence-electron chi connectivity index (χ0n) is 22.1. The number of aliphatic hydroxyl groups excluding tert-OH is 2. The minimum Gasteiger partial charge on any atom is -0.508 e. The van der Waals surface area contributed by atoms with E-state index in [0.29, 0.717) is 12.1 Å². The standard InChI is InChI=1S/C27H34N4O8/c1-4-5-8-29-11-16(32)30-15-7-6-12-9-13-10-14-20(31(2)3)23(35)19(26(28)38)25(37)27(14,39)24(36)18(13)22(34)17(12)21(15)33/h6-7,13-14,20,29,33-34,37,39H,4-5,8-11H2,1-3H3,(H2,28,38)(H,30,32)/t13?,14?,20-,27-/m0/s1. The number of benzene rings is 1. The Balaban J connectivity index is 1.76. The van der Waals surface area contributed by atoms with E-state index in [0.717, 1.165) is 12.8 Å². The summed E-state index contributed by atoms with van der Waals surface area (Å²) in [5, 5.41) is 50.3. The Labute approximate surface area is 225 Å². The highest BCUT2D eigenvalue weighted by Gasteiger charge is 2.64. The van der Waals surface area contributed by atoms with E-state index >= 15 is 0 Å². The molecule has 2 unspecified atom stereocenters. The number of nitrogens with two attached hydrogens (primary N) is 1. The molecule has 2 amide bonds. The highest BCUT2D eigenvalue weighted by atomic mass is 16.3. The summed E-state index contributed by atoms with van der Waals surface area (Å²) in [7, 11) is 3.08. The van der Waals surface area contributed by atoms with Gasteiger partial charge in [-0.15, -0.1) is 0 Å². The molecule has 12 heteroatoms. The highest BCUT2D eigenvalue weighted by Crippen LogP contribution is 2.53. The van der Waals surface area contributed by atoms with E-state index < -0.39 is 69.7 Å². The first-order valence-corrected chi connectivity index (χ1v) is 12.9. The number of fused-ring (bicyclic) bond motifs is 3. The lowest BCUT2D eigenvalue weighted by Crippen LogP contribution is -2.65. The molecule has 3 aliphatic carbocycles. The van der Waals surface area contributed by atoms with Gasteiger partial charge in [0.1, 0.15) is 22.8 Å². The fourth-order valence-corrected chi connectivity index (χ4v) is 6.02. The molecule has 1 aromatic rings. The number of aliphatic hydroxyl groups is 3. The monoisotopic (exact) mass is 542 g/mol. The van der Waals surface area contributed by atoms with Crippen LogP contribution in [0.4, 0.5) is 5.69 Å². The SMILES string of the molecule is CCCCNCC(=O)Nc1ccc2c(c1O)C(O)=C1C(=O)[C@]3(O)C(O)=C(C(N)=O)C(=O)[C@@H](N(C)C)C3CC1C2. The number of likely N-dealkylation sites (N-methyl/N-ethyl adjacent to an activating group) is 1. The summed E-state index contributed by atoms with van der Waals surface area (Å²) in [5.74, 6) is -7.59. The van der Waals surface area contributed by atoms with Crippen LogP contribution in [0.5, 0.6) is 5.75 Å². The van der Waals surface area contributed by atoms with Gasteiger partial charge in [0.05, 0.1) is 23.8 Å². The Kier molecular flexibility index (Phi) is 7.57. The van der Waals surface area contributed by atoms with Crippen LogP contribution < -0.4 is 16.4 Å². The lowest BCUT2D eigenvalue weighted by Gasteiger charge is -2.50. The molecule has 0 aromatic heterocycles. The van der Waals surface area contributed by atoms with Crippen LogP contribution in [0, 0.1) is 11.8 Å². The normalized spacial score (nSPS) is 26.3. The van der Waals surface area contributed by atoms with Crippen LogP contribution in [-0.4, -0.2) is 87.5 Å². The summed E-state index contributed by atoms with van der Waals surface area (Å²) in [6.07, 6.45) is 2.05. The van der Waals surface area contributed by atoms with Gasteiger partial charge < -0.3 is 36.8 Å². The van der Waals surface area contributed by atoms with Crippen LogP contribution in [0.1, 0.15) is 37.3 Å². The van der Waals surface area contributed by atoms with Crippen LogP contribution in [0.25, 0.3) is 5.76 Å². The van der Waals surface area contributed by atoms with Gasteiger partial charge in [-0.1, -0.05) is 19.4 Å². The Bertz CT molecular complexity index is 1320. The van der Waals surface area contributed by atoms with E-state index in [-0.39, 0.29) is 36.2 Å². The third kappa shape index (κ3) is 4.48. The fraction of sp³-hybridized carbons (Fsp3) is 0.481. The first-order valence-electron chi connectivity index (χ1n) is 12.9. The number of anilines is 1. The summed E-state index contributed by atoms with van der Waals surface area (Å²) in [5.41, 5.74) is 1.96. The van der Waals surface area contributed by atoms with Gasteiger partial charge in [0, 0.05) is 11.5 Å². The number of primary amides is 1. The molecule has 0 heterocycles. The summed E-state index contributed by atoms with van der Waals surface area (Å²) >= 11 is 0. The van der Waals surface area contributed by atoms with Crippen molar-refractivity contribution in [2.75, 3.05) is 32.5 Å². The second-order valence-corrected chi connectivity index (χ2v) is 10.5. The average molecular weight is 543 g/mol. The number of nitrogens with zero attached hydrogens (tertiary/aromatic N) is 1. The number of phenolic OH excluding ortho intramolecular Hbond substituents is 1. The number of Topliss-reactive ketones (excluding diaryl/α,β-unsaturated/α-hetero) is 2. The smallest absolute Gasteiger partial charge is 0.255 e. The van der Waals surface area contributed by atoms with Crippen LogP contribution in [0.15, 0.2) is 29.0 Å². The molecule has 1 aromatic carbocycles. The van der Waals surface area contributed by atoms with E-state index in [1.807, 2.05) is 6.92 Å². The molecule has 0 bridgehead atoms. The van der Waals surface area contributed by atoms with Crippen molar-refractivity contribution in [3.05, 3.63) is 40.2 Å². The topological polar surface area (TPSA) is 203 Å². The number of nitrogens with one attached hydrogen (secondary N) is 2. The number of carbonyl (C=O) groups excluding carboxylic acids is 4. The molecule has 3 aliphatic rings. The highest BCUT2D eigenvalue weighted by molar-refractivity contribution is 6.24. The molecule has 0 saturated heterocycles. The lowest BCUT2D eigenvalue weighted by molar-refractivity contribution is -0.153. The van der Waals surface area contributed by atoms with Crippen LogP contribution in [0.2, 0.25) is 0 Å². The van der Waals surface area contributed by atoms with Crippen molar-refractivity contribution in [1.82, 2.24) is 10.2 Å². The Morgan fingerprint density at radius 1 is 1.18 bits per heavy atom. The maximum atomic E-state index is 13.8. The molecule has 1 fully saturated rings. The second kappa shape index (κ2) is 10.4. The van der Waals surface area contributed by atoms with Crippen molar-refractivity contribution in [3.8, 4) is 5.75 Å². The summed E-state index contributed by atoms with van der Waals surface area (Å²) in [6, 6.07) is 1.97. The molecule has 12 nitrogen and oxygen atoms in total. The predicted octanol–water partition coefficient (Wildman–Crippen LogP) is 0.292. The molecule has 1 saturated carbocycles. The van der Waals surface area contributed by atoms with E-state index in [1.165, 1.54) is 11.0 Å². The Morgan fingerprint density at radius 3 is 2.49 bits per heavy atom. The molecular formula is C27H34N4O8. The molecule has 4 atom stereocenters. The molecular weight excluding hydrogens is 508 g/mol. The number of amides is 2. The van der Waals surface area contributed by atoms with Gasteiger partial charge in [-0.3, -0.25) is 24.1 Å². The van der Waals surface area contributed by atoms with Crippen molar-refractivity contribution in [3.63, 3.8) is 0 Å². The number of phenols is 1. The fourth-order valence-electron chi connectivity index (χ4n) is 6.02. The molecule has 0 spiro atoms. The Morgan fingerprint density at radius 2 is 1.87 bits per heavy atom. The van der Waals surface area contributed by atoms with Gasteiger partial charge in [-0.25, -0.2) is 0 Å². The maximum absolute atomic E-state index is 13.8. The van der Waals surface area contributed by atoms with E-state index in [1.54, 1.807) is 20.2 Å². The van der Waals surface area contributed by atoms with Crippen molar-refractivity contribution in [1.29, 1.82) is 0 Å². The maximum Gasteiger partial charge on any atom is 0.255 e. The number of aromatic hydroxyl groups is 1. The largest absolute Gasteiger partial charge is 0.508 e. The lowest BCUT2D eigenvalue weighted by atomic mass is 9.57. The summed E-state index contributed by atoms with van der Waals surface area (Å²) in [4.78, 5) is 52.8. The number of ketones is 2. The molecule has 8 N–H and O–H groups in total. The zero-order valence-corrected chi connectivity index (χ0v) is 22.1. The quantitative estimate of drug-likeness (QED) is 0.136. The van der Waals surface area contributed by atoms with Gasteiger partial charge >= 0.3 is 0 Å². The summed E-state index contributed by atoms with van der Waals surface area (Å²) in [6.45, 7) is 2.69. The first-order chi connectivity index (χ1) is 18.4. The number of hydrogen-bond acceptors (Lipinski definition) is 10. The van der Waals surface area contributed by atoms with Crippen LogP contribution >= 0.6 is 0 Å². The van der Waals surface area contributed by atoms with Crippen molar-refractivity contribution >= 4 is 34.8 Å². The average Bonchev–Trinajstić information content (AvgIpc) is 2.85. The third-order valence-corrected chi connectivity index (χ3v) is 7.86. The molecule has 39 heavy (non-hydrogen) atoms. The van der Waals surface area contributed by atoms with Crippen molar-refractivity contribution in [2.24, 2.45) is 17.6 Å². The van der Waals surface area contributed by atoms with E-state index in [9.17, 15) is 39.6 Å². The summed E-state index contributed by atoms with van der Waals surface area (Å²) < 4.78 is 0. The number of unbranched alkanes of at least 4 members (excludes halogenated alkanes) is 1. The second-order valence-electron chi connectivity index (χ2n) is 10.5. The van der Waals surface area contributed by atoms with Gasteiger partial charge in [-0.05, 0) is 57.5 Å². The molecule has 210 valence electrons. The molecule has 0 aliphatic heterocycles. The van der Waals surface area contributed by atoms with E-state index in [4.69, 9.17) is 5.73 Å². The minimum absolute atomic E-state index is 0.00837. The van der Waals surface area contributed by atoms with Gasteiger partial charge in [0.25, 0.3) is 5.91 Å². The first kappa shape index (κ1) is 28.3. The number of hydrogen-bond donors (Lipinski definition) is 7. The molecule has 4 rings (SSSR count). The predicted molar refractivity (Wildman–Crippen MR) is 141 cm³/mol. The third-order valence-electron chi connectivity index (χ3n) is 7.86. The van der Waals surface area contributed by atoms with Gasteiger partial charge in [0.15, 0.2) is 11.4 Å². The van der Waals surface area contributed by atoms with Crippen LogP contribution in [0.3, 0.4) is 0 Å². The van der Waals surface area contributed by atoms with Gasteiger partial charge in [0.2, 0.25) is 11.7 Å². The zero-order chi connectivity index (χ0) is 28.8. The number of rotatable bonds is 8. The van der Waals surface area contributed by atoms with E-state index in [2.05, 4.69) is 10.6 Å². The van der Waals surface area contributed by atoms with Crippen molar-refractivity contribution in [2.45, 2.75) is 44.2 Å². The molecule has 0 radical (unpaired) electrons.